The van der Waals surface area contributed by atoms with Gasteiger partial charge in [-0.2, -0.15) is 10.2 Å². The minimum absolute atomic E-state index is 0.117. The first kappa shape index (κ1) is 12.9. The normalized spacial score (nSPS) is 15.7. The maximum atomic E-state index is 11.9. The van der Waals surface area contributed by atoms with Crippen LogP contribution in [0.25, 0.3) is 0 Å². The van der Waals surface area contributed by atoms with Gasteiger partial charge in [-0.15, -0.1) is 0 Å². The van der Waals surface area contributed by atoms with Crippen LogP contribution < -0.4 is 5.32 Å². The van der Waals surface area contributed by atoms with E-state index in [1.165, 1.54) is 25.7 Å². The fraction of sp³-hybridized carbons (Fsp3) is 0.500. The third-order valence-electron chi connectivity index (χ3n) is 3.76. The van der Waals surface area contributed by atoms with Crippen molar-refractivity contribution >= 4 is 5.91 Å². The Morgan fingerprint density at radius 2 is 2.25 bits per heavy atom. The van der Waals surface area contributed by atoms with Gasteiger partial charge in [0.15, 0.2) is 0 Å². The number of aryl methyl sites for hydroxylation is 1. The SMILES string of the molecule is Cn1cc(C(=O)NCc2ccn(C3CCCC3)n2)cn1. The van der Waals surface area contributed by atoms with Gasteiger partial charge in [-0.1, -0.05) is 12.8 Å². The molecule has 0 radical (unpaired) electrons. The molecule has 0 spiro atoms. The number of aromatic nitrogens is 4. The highest BCUT2D eigenvalue weighted by Gasteiger charge is 2.17. The highest BCUT2D eigenvalue weighted by Crippen LogP contribution is 2.28. The first-order valence-corrected chi connectivity index (χ1v) is 7.03. The molecule has 1 aliphatic carbocycles. The number of carbonyl (C=O) groups is 1. The summed E-state index contributed by atoms with van der Waals surface area (Å²) in [6.45, 7) is 0.452. The molecule has 2 aromatic heterocycles. The van der Waals surface area contributed by atoms with E-state index in [1.807, 2.05) is 16.9 Å². The summed E-state index contributed by atoms with van der Waals surface area (Å²) in [5.41, 5.74) is 1.47. The molecule has 0 saturated heterocycles. The lowest BCUT2D eigenvalue weighted by molar-refractivity contribution is 0.0950. The van der Waals surface area contributed by atoms with Crippen LogP contribution in [-0.2, 0) is 13.6 Å². The summed E-state index contributed by atoms with van der Waals surface area (Å²) in [6.07, 6.45) is 10.3. The van der Waals surface area contributed by atoms with Gasteiger partial charge in [-0.05, 0) is 18.9 Å². The van der Waals surface area contributed by atoms with Gasteiger partial charge in [0.1, 0.15) is 0 Å². The van der Waals surface area contributed by atoms with Crippen LogP contribution in [0.15, 0.2) is 24.7 Å². The smallest absolute Gasteiger partial charge is 0.254 e. The summed E-state index contributed by atoms with van der Waals surface area (Å²) >= 11 is 0. The van der Waals surface area contributed by atoms with Gasteiger partial charge in [-0.3, -0.25) is 14.2 Å². The van der Waals surface area contributed by atoms with E-state index < -0.39 is 0 Å². The maximum absolute atomic E-state index is 11.9. The third kappa shape index (κ3) is 2.74. The second-order valence-corrected chi connectivity index (χ2v) is 5.31. The summed E-state index contributed by atoms with van der Waals surface area (Å²) in [4.78, 5) is 11.9. The number of rotatable bonds is 4. The molecule has 20 heavy (non-hydrogen) atoms. The first-order chi connectivity index (χ1) is 9.72. The number of carbonyl (C=O) groups excluding carboxylic acids is 1. The summed E-state index contributed by atoms with van der Waals surface area (Å²) in [7, 11) is 1.79. The highest BCUT2D eigenvalue weighted by atomic mass is 16.1. The Morgan fingerprint density at radius 3 is 2.95 bits per heavy atom. The molecule has 0 bridgehead atoms. The number of nitrogens with zero attached hydrogens (tertiary/aromatic N) is 4. The van der Waals surface area contributed by atoms with Crippen LogP contribution in [0.1, 0.15) is 47.8 Å². The van der Waals surface area contributed by atoms with Crippen LogP contribution in [0.2, 0.25) is 0 Å². The van der Waals surface area contributed by atoms with Crippen molar-refractivity contribution in [3.8, 4) is 0 Å². The zero-order chi connectivity index (χ0) is 13.9. The Kier molecular flexibility index (Phi) is 3.54. The Labute approximate surface area is 117 Å². The molecular formula is C14H19N5O. The molecule has 2 aromatic rings. The van der Waals surface area contributed by atoms with Crippen LogP contribution in [-0.4, -0.2) is 25.5 Å². The van der Waals surface area contributed by atoms with Crippen molar-refractivity contribution in [2.75, 3.05) is 0 Å². The van der Waals surface area contributed by atoms with Crippen LogP contribution in [0.4, 0.5) is 0 Å². The lowest BCUT2D eigenvalue weighted by Crippen LogP contribution is -2.22. The average Bonchev–Trinajstić information content (AvgIpc) is 3.16. The predicted molar refractivity (Wildman–Crippen MR) is 74.1 cm³/mol. The third-order valence-corrected chi connectivity index (χ3v) is 3.76. The van der Waals surface area contributed by atoms with Crippen LogP contribution in [0.3, 0.4) is 0 Å². The average molecular weight is 273 g/mol. The summed E-state index contributed by atoms with van der Waals surface area (Å²) in [5.74, 6) is -0.117. The van der Waals surface area contributed by atoms with Gasteiger partial charge in [0, 0.05) is 19.4 Å². The van der Waals surface area contributed by atoms with Gasteiger partial charge < -0.3 is 5.32 Å². The van der Waals surface area contributed by atoms with E-state index in [0.717, 1.165) is 5.69 Å². The van der Waals surface area contributed by atoms with Gasteiger partial charge in [0.2, 0.25) is 0 Å². The van der Waals surface area contributed by atoms with Crippen molar-refractivity contribution < 1.29 is 4.79 Å². The largest absolute Gasteiger partial charge is 0.346 e. The molecule has 0 aliphatic heterocycles. The van der Waals surface area contributed by atoms with E-state index in [4.69, 9.17) is 0 Å². The van der Waals surface area contributed by atoms with E-state index in [2.05, 4.69) is 15.5 Å². The number of nitrogens with one attached hydrogen (secondary N) is 1. The maximum Gasteiger partial charge on any atom is 0.254 e. The Morgan fingerprint density at radius 1 is 1.45 bits per heavy atom. The molecule has 6 nitrogen and oxygen atoms in total. The van der Waals surface area contributed by atoms with E-state index in [-0.39, 0.29) is 5.91 Å². The second kappa shape index (κ2) is 5.48. The molecular weight excluding hydrogens is 254 g/mol. The fourth-order valence-electron chi connectivity index (χ4n) is 2.66. The van der Waals surface area contributed by atoms with Gasteiger partial charge in [0.05, 0.1) is 30.0 Å². The van der Waals surface area contributed by atoms with Crippen LogP contribution in [0.5, 0.6) is 0 Å². The quantitative estimate of drug-likeness (QED) is 0.921. The minimum atomic E-state index is -0.117. The first-order valence-electron chi connectivity index (χ1n) is 7.03. The molecule has 6 heteroatoms. The number of amides is 1. The van der Waals surface area contributed by atoms with Crippen molar-refractivity contribution in [3.05, 3.63) is 35.9 Å². The number of hydrogen-bond acceptors (Lipinski definition) is 3. The Balaban J connectivity index is 1.57. The van der Waals surface area contributed by atoms with Crippen LogP contribution in [0, 0.1) is 0 Å². The molecule has 1 amide bonds. The van der Waals surface area contributed by atoms with Crippen molar-refractivity contribution in [1.29, 1.82) is 0 Å². The molecule has 106 valence electrons. The summed E-state index contributed by atoms with van der Waals surface area (Å²) < 4.78 is 3.66. The molecule has 2 heterocycles. The van der Waals surface area contributed by atoms with E-state index >= 15 is 0 Å². The summed E-state index contributed by atoms with van der Waals surface area (Å²) in [5, 5.41) is 11.4. The van der Waals surface area contributed by atoms with Crippen molar-refractivity contribution in [2.24, 2.45) is 7.05 Å². The molecule has 3 rings (SSSR count). The highest BCUT2D eigenvalue weighted by molar-refractivity contribution is 5.93. The van der Waals surface area contributed by atoms with Gasteiger partial charge >= 0.3 is 0 Å². The fourth-order valence-corrected chi connectivity index (χ4v) is 2.66. The topological polar surface area (TPSA) is 64.7 Å². The van der Waals surface area contributed by atoms with Crippen molar-refractivity contribution in [3.63, 3.8) is 0 Å². The molecule has 1 N–H and O–H groups in total. The summed E-state index contributed by atoms with van der Waals surface area (Å²) in [6, 6.07) is 2.51. The van der Waals surface area contributed by atoms with Crippen molar-refractivity contribution in [2.45, 2.75) is 38.3 Å². The van der Waals surface area contributed by atoms with E-state index in [0.29, 0.717) is 18.2 Å². The lowest BCUT2D eigenvalue weighted by atomic mass is 10.3. The lowest BCUT2D eigenvalue weighted by Gasteiger charge is -2.08. The standard InChI is InChI=1S/C14H19N5O/c1-18-10-11(8-16-18)14(20)15-9-12-6-7-19(17-12)13-4-2-3-5-13/h6-8,10,13H,2-5,9H2,1H3,(H,15,20). The molecule has 0 unspecified atom stereocenters. The van der Waals surface area contributed by atoms with Crippen molar-refractivity contribution in [1.82, 2.24) is 24.9 Å². The zero-order valence-electron chi connectivity index (χ0n) is 11.6. The molecule has 0 aromatic carbocycles. The Bertz CT molecular complexity index is 594. The predicted octanol–water partition coefficient (Wildman–Crippen LogP) is 1.66. The van der Waals surface area contributed by atoms with E-state index in [1.54, 1.807) is 24.1 Å². The number of hydrogen-bond donors (Lipinski definition) is 1. The second-order valence-electron chi connectivity index (χ2n) is 5.31. The monoisotopic (exact) mass is 273 g/mol. The molecule has 0 atom stereocenters. The van der Waals surface area contributed by atoms with Gasteiger partial charge in [-0.25, -0.2) is 0 Å². The van der Waals surface area contributed by atoms with E-state index in [9.17, 15) is 4.79 Å². The van der Waals surface area contributed by atoms with Gasteiger partial charge in [0.25, 0.3) is 5.91 Å². The minimum Gasteiger partial charge on any atom is -0.346 e. The molecule has 1 saturated carbocycles. The zero-order valence-corrected chi connectivity index (χ0v) is 11.6. The van der Waals surface area contributed by atoms with Crippen LogP contribution >= 0.6 is 0 Å². The molecule has 1 fully saturated rings. The Hall–Kier alpha value is -2.11. The molecule has 1 aliphatic rings.